The Morgan fingerprint density at radius 1 is 1.27 bits per heavy atom. The fourth-order valence-corrected chi connectivity index (χ4v) is 4.60. The molecule has 26 heavy (non-hydrogen) atoms. The van der Waals surface area contributed by atoms with Crippen molar-refractivity contribution in [2.45, 2.75) is 43.3 Å². The minimum atomic E-state index is -3.61. The molecule has 0 atom stereocenters. The van der Waals surface area contributed by atoms with Crippen molar-refractivity contribution in [3.8, 4) is 0 Å². The Labute approximate surface area is 166 Å². The second kappa shape index (κ2) is 8.06. The van der Waals surface area contributed by atoms with Gasteiger partial charge in [0.1, 0.15) is 0 Å². The Hall–Kier alpha value is -1.45. The van der Waals surface area contributed by atoms with E-state index in [1.54, 1.807) is 38.1 Å². The van der Waals surface area contributed by atoms with Gasteiger partial charge in [-0.05, 0) is 44.0 Å². The Morgan fingerprint density at radius 3 is 2.42 bits per heavy atom. The minimum Gasteiger partial charge on any atom is -0.336 e. The van der Waals surface area contributed by atoms with Crippen LogP contribution in [0, 0.1) is 0 Å². The van der Waals surface area contributed by atoms with Crippen LogP contribution >= 0.6 is 27.3 Å². The van der Waals surface area contributed by atoms with Crippen LogP contribution < -0.4 is 10.6 Å². The molecule has 0 aliphatic carbocycles. The number of anilines is 1. The van der Waals surface area contributed by atoms with E-state index in [0.29, 0.717) is 5.13 Å². The molecule has 0 saturated carbocycles. The Bertz CT molecular complexity index is 875. The second-order valence-corrected chi connectivity index (χ2v) is 11.1. The molecule has 142 valence electrons. The summed E-state index contributed by atoms with van der Waals surface area (Å²) in [5, 5.41) is 7.65. The zero-order valence-electron chi connectivity index (χ0n) is 15.0. The van der Waals surface area contributed by atoms with Crippen molar-refractivity contribution < 1.29 is 13.2 Å². The lowest BCUT2D eigenvalue weighted by Gasteiger charge is -2.25. The number of thiazole rings is 1. The van der Waals surface area contributed by atoms with Gasteiger partial charge in [-0.15, -0.1) is 11.3 Å². The molecule has 0 aliphatic rings. The SMILES string of the molecule is CC(C)c1csc(NC(=O)NCC(C)(C)S(=O)(=O)c2ccc(Br)cc2)n1. The molecule has 2 amide bonds. The third-order valence-electron chi connectivity index (χ3n) is 3.86. The van der Waals surface area contributed by atoms with Crippen LogP contribution in [0.5, 0.6) is 0 Å². The summed E-state index contributed by atoms with van der Waals surface area (Å²) in [4.78, 5) is 16.6. The highest BCUT2D eigenvalue weighted by Crippen LogP contribution is 2.26. The summed E-state index contributed by atoms with van der Waals surface area (Å²) in [5.41, 5.74) is 0.906. The molecule has 0 fully saturated rings. The first-order valence-corrected chi connectivity index (χ1v) is 11.2. The number of nitrogens with one attached hydrogen (secondary N) is 2. The zero-order valence-corrected chi connectivity index (χ0v) is 18.3. The molecule has 1 aromatic carbocycles. The monoisotopic (exact) mass is 459 g/mol. The van der Waals surface area contributed by atoms with Gasteiger partial charge in [-0.1, -0.05) is 29.8 Å². The number of urea groups is 1. The number of carbonyl (C=O) groups is 1. The molecule has 0 aliphatic heterocycles. The van der Waals surface area contributed by atoms with Crippen molar-refractivity contribution in [3.63, 3.8) is 0 Å². The van der Waals surface area contributed by atoms with Gasteiger partial charge < -0.3 is 5.32 Å². The minimum absolute atomic E-state index is 0.0281. The highest BCUT2D eigenvalue weighted by molar-refractivity contribution is 9.10. The van der Waals surface area contributed by atoms with Crippen LogP contribution in [-0.4, -0.2) is 30.7 Å². The molecule has 2 aromatic rings. The van der Waals surface area contributed by atoms with Crippen LogP contribution in [0.1, 0.15) is 39.3 Å². The van der Waals surface area contributed by atoms with Gasteiger partial charge in [-0.25, -0.2) is 18.2 Å². The quantitative estimate of drug-likeness (QED) is 0.669. The topological polar surface area (TPSA) is 88.2 Å². The highest BCUT2D eigenvalue weighted by atomic mass is 79.9. The number of sulfone groups is 1. The fourth-order valence-electron chi connectivity index (χ4n) is 2.07. The Morgan fingerprint density at radius 2 is 1.88 bits per heavy atom. The molecule has 9 heteroatoms. The summed E-state index contributed by atoms with van der Waals surface area (Å²) in [6.45, 7) is 7.19. The van der Waals surface area contributed by atoms with E-state index in [1.165, 1.54) is 11.3 Å². The molecule has 0 bridgehead atoms. The molecule has 0 saturated heterocycles. The average molecular weight is 460 g/mol. The predicted octanol–water partition coefficient (Wildman–Crippen LogP) is 4.40. The lowest BCUT2D eigenvalue weighted by atomic mass is 10.2. The Balaban J connectivity index is 2.01. The summed E-state index contributed by atoms with van der Waals surface area (Å²) < 4.78 is 25.3. The van der Waals surface area contributed by atoms with Crippen LogP contribution in [0.3, 0.4) is 0 Å². The van der Waals surface area contributed by atoms with Gasteiger partial charge in [-0.2, -0.15) is 0 Å². The van der Waals surface area contributed by atoms with Crippen molar-refractivity contribution in [1.82, 2.24) is 10.3 Å². The standard InChI is InChI=1S/C17H22BrN3O3S2/c1-11(2)14-9-25-16(20-14)21-15(22)19-10-17(3,4)26(23,24)13-7-5-12(18)6-8-13/h5-9,11H,10H2,1-4H3,(H2,19,20,21,22). The summed E-state index contributed by atoms with van der Waals surface area (Å²) in [6.07, 6.45) is 0. The van der Waals surface area contributed by atoms with Crippen LogP contribution in [0.15, 0.2) is 39.0 Å². The smallest absolute Gasteiger partial charge is 0.321 e. The van der Waals surface area contributed by atoms with Gasteiger partial charge in [0.25, 0.3) is 0 Å². The third-order valence-corrected chi connectivity index (χ3v) is 7.66. The van der Waals surface area contributed by atoms with E-state index in [1.807, 2.05) is 19.2 Å². The fraction of sp³-hybridized carbons (Fsp3) is 0.412. The van der Waals surface area contributed by atoms with Gasteiger partial charge in [0, 0.05) is 16.4 Å². The first-order chi connectivity index (χ1) is 12.0. The lowest BCUT2D eigenvalue weighted by molar-refractivity contribution is 0.251. The van der Waals surface area contributed by atoms with Crippen molar-refractivity contribution in [2.75, 3.05) is 11.9 Å². The third kappa shape index (κ3) is 4.83. The number of halogens is 1. The van der Waals surface area contributed by atoms with Gasteiger partial charge in [-0.3, -0.25) is 5.32 Å². The van der Waals surface area contributed by atoms with E-state index < -0.39 is 20.6 Å². The van der Waals surface area contributed by atoms with E-state index in [4.69, 9.17) is 0 Å². The number of rotatable bonds is 6. The molecule has 2 rings (SSSR count). The van der Waals surface area contributed by atoms with Gasteiger partial charge >= 0.3 is 6.03 Å². The second-order valence-electron chi connectivity index (χ2n) is 6.76. The Kier molecular flexibility index (Phi) is 6.46. The molecular weight excluding hydrogens is 438 g/mol. The van der Waals surface area contributed by atoms with E-state index in [2.05, 4.69) is 31.5 Å². The van der Waals surface area contributed by atoms with E-state index in [0.717, 1.165) is 10.2 Å². The van der Waals surface area contributed by atoms with Gasteiger partial charge in [0.15, 0.2) is 15.0 Å². The van der Waals surface area contributed by atoms with Crippen molar-refractivity contribution in [3.05, 3.63) is 39.8 Å². The van der Waals surface area contributed by atoms with Crippen LogP contribution in [0.25, 0.3) is 0 Å². The number of aromatic nitrogens is 1. The number of hydrogen-bond acceptors (Lipinski definition) is 5. The number of amides is 2. The number of nitrogens with zero attached hydrogens (tertiary/aromatic N) is 1. The van der Waals surface area contributed by atoms with Gasteiger partial charge in [0.05, 0.1) is 15.3 Å². The summed E-state index contributed by atoms with van der Waals surface area (Å²) in [7, 11) is -3.61. The summed E-state index contributed by atoms with van der Waals surface area (Å²) >= 11 is 4.63. The van der Waals surface area contributed by atoms with Crippen LogP contribution in [0.2, 0.25) is 0 Å². The van der Waals surface area contributed by atoms with Gasteiger partial charge in [0.2, 0.25) is 0 Å². The molecule has 0 spiro atoms. The number of benzene rings is 1. The highest BCUT2D eigenvalue weighted by Gasteiger charge is 2.36. The molecule has 1 heterocycles. The first-order valence-electron chi connectivity index (χ1n) is 8.03. The molecular formula is C17H22BrN3O3S2. The maximum Gasteiger partial charge on any atom is 0.321 e. The van der Waals surface area contributed by atoms with E-state index in [-0.39, 0.29) is 17.4 Å². The molecule has 2 N–H and O–H groups in total. The maximum atomic E-state index is 12.8. The zero-order chi connectivity index (χ0) is 19.5. The normalized spacial score (nSPS) is 12.2. The number of hydrogen-bond donors (Lipinski definition) is 2. The van der Waals surface area contributed by atoms with Crippen LogP contribution in [0.4, 0.5) is 9.93 Å². The molecule has 1 aromatic heterocycles. The molecule has 0 radical (unpaired) electrons. The number of carbonyl (C=O) groups excluding carboxylic acids is 1. The molecule has 0 unspecified atom stereocenters. The molecule has 6 nitrogen and oxygen atoms in total. The van der Waals surface area contributed by atoms with Crippen molar-refractivity contribution in [1.29, 1.82) is 0 Å². The van der Waals surface area contributed by atoms with Crippen molar-refractivity contribution >= 4 is 48.3 Å². The average Bonchev–Trinajstić information content (AvgIpc) is 3.02. The first kappa shape index (κ1) is 20.9. The van der Waals surface area contributed by atoms with Crippen molar-refractivity contribution in [2.24, 2.45) is 0 Å². The summed E-state index contributed by atoms with van der Waals surface area (Å²) in [5.74, 6) is 0.278. The van der Waals surface area contributed by atoms with Crippen LogP contribution in [-0.2, 0) is 9.84 Å². The largest absolute Gasteiger partial charge is 0.336 e. The maximum absolute atomic E-state index is 12.8. The predicted molar refractivity (Wildman–Crippen MR) is 109 cm³/mol. The van der Waals surface area contributed by atoms with E-state index >= 15 is 0 Å². The summed E-state index contributed by atoms with van der Waals surface area (Å²) in [6, 6.07) is 5.97. The lowest BCUT2D eigenvalue weighted by Crippen LogP contribution is -2.45. The van der Waals surface area contributed by atoms with E-state index in [9.17, 15) is 13.2 Å².